The average molecular weight is 463 g/mol. The van der Waals surface area contributed by atoms with Crippen LogP contribution in [0.1, 0.15) is 31.1 Å². The lowest BCUT2D eigenvalue weighted by Gasteiger charge is -2.22. The molecule has 0 radical (unpaired) electrons. The van der Waals surface area contributed by atoms with Crippen molar-refractivity contribution in [2.45, 2.75) is 32.4 Å². The normalized spacial score (nSPS) is 12.0. The van der Waals surface area contributed by atoms with Crippen LogP contribution in [0.15, 0.2) is 18.2 Å². The number of anilines is 1. The molecule has 138 valence electrons. The molecule has 0 spiro atoms. The van der Waals surface area contributed by atoms with Gasteiger partial charge in [-0.2, -0.15) is 0 Å². The lowest BCUT2D eigenvalue weighted by atomic mass is 10.1. The Labute approximate surface area is 159 Å². The summed E-state index contributed by atoms with van der Waals surface area (Å²) in [5.74, 6) is -1.25. The summed E-state index contributed by atoms with van der Waals surface area (Å²) < 4.78 is 10.6. The zero-order chi connectivity index (χ0) is 19.2. The van der Waals surface area contributed by atoms with E-state index < -0.39 is 29.6 Å². The Kier molecular flexibility index (Phi) is 7.46. The number of carbonyl (C=O) groups is 3. The lowest BCUT2D eigenvalue weighted by molar-refractivity contribution is -0.142. The molecular formula is C16H22IN3O5. The van der Waals surface area contributed by atoms with Crippen molar-refractivity contribution in [3.05, 3.63) is 27.3 Å². The van der Waals surface area contributed by atoms with E-state index in [9.17, 15) is 14.4 Å². The first-order valence-electron chi connectivity index (χ1n) is 7.44. The Hall–Kier alpha value is -2.04. The number of ether oxygens (including phenoxy) is 2. The van der Waals surface area contributed by atoms with Crippen molar-refractivity contribution in [1.82, 2.24) is 10.6 Å². The van der Waals surface area contributed by atoms with Crippen LogP contribution in [0.2, 0.25) is 0 Å². The van der Waals surface area contributed by atoms with Gasteiger partial charge in [0.2, 0.25) is 0 Å². The number of nitrogens with two attached hydrogens (primary N) is 1. The van der Waals surface area contributed by atoms with Crippen LogP contribution in [-0.2, 0) is 14.3 Å². The predicted molar refractivity (Wildman–Crippen MR) is 101 cm³/mol. The second-order valence-electron chi connectivity index (χ2n) is 6.16. The zero-order valence-electron chi connectivity index (χ0n) is 14.5. The predicted octanol–water partition coefficient (Wildman–Crippen LogP) is 1.67. The Morgan fingerprint density at radius 1 is 1.28 bits per heavy atom. The van der Waals surface area contributed by atoms with E-state index in [1.54, 1.807) is 39.0 Å². The van der Waals surface area contributed by atoms with Crippen molar-refractivity contribution in [3.63, 3.8) is 0 Å². The van der Waals surface area contributed by atoms with Gasteiger partial charge in [0, 0.05) is 9.26 Å². The van der Waals surface area contributed by atoms with Crippen molar-refractivity contribution in [1.29, 1.82) is 0 Å². The van der Waals surface area contributed by atoms with Crippen LogP contribution < -0.4 is 16.4 Å². The average Bonchev–Trinajstić information content (AvgIpc) is 2.48. The maximum absolute atomic E-state index is 12.3. The van der Waals surface area contributed by atoms with Gasteiger partial charge in [-0.3, -0.25) is 4.79 Å². The highest BCUT2D eigenvalue weighted by molar-refractivity contribution is 14.1. The summed E-state index contributed by atoms with van der Waals surface area (Å²) in [6, 6.07) is 3.84. The first-order valence-corrected chi connectivity index (χ1v) is 8.52. The maximum atomic E-state index is 12.3. The summed E-state index contributed by atoms with van der Waals surface area (Å²) in [6.45, 7) is 4.96. The standard InChI is InChI=1S/C16H22IN3O5/c1-16(2,3)25-15(23)19-8-12(14(22)24-4)20-13(21)10-6-5-9(17)7-11(10)18/h5-7,12H,8,18H2,1-4H3,(H,19,23)(H,20,21)/t12-/m0/s1. The highest BCUT2D eigenvalue weighted by Crippen LogP contribution is 2.16. The van der Waals surface area contributed by atoms with Crippen molar-refractivity contribution >= 4 is 46.2 Å². The van der Waals surface area contributed by atoms with Crippen LogP contribution in [0, 0.1) is 3.57 Å². The first kappa shape index (κ1) is 21.0. The van der Waals surface area contributed by atoms with Crippen molar-refractivity contribution in [3.8, 4) is 0 Å². The quantitative estimate of drug-likeness (QED) is 0.347. The Morgan fingerprint density at radius 2 is 1.92 bits per heavy atom. The smallest absolute Gasteiger partial charge is 0.407 e. The fourth-order valence-corrected chi connectivity index (χ4v) is 2.33. The van der Waals surface area contributed by atoms with Gasteiger partial charge < -0.3 is 25.8 Å². The van der Waals surface area contributed by atoms with E-state index in [0.29, 0.717) is 0 Å². The largest absolute Gasteiger partial charge is 0.467 e. The van der Waals surface area contributed by atoms with E-state index in [0.717, 1.165) is 3.57 Å². The molecule has 0 aliphatic rings. The van der Waals surface area contributed by atoms with Crippen LogP contribution in [-0.4, -0.2) is 43.3 Å². The summed E-state index contributed by atoms with van der Waals surface area (Å²) in [5, 5.41) is 4.92. The van der Waals surface area contributed by atoms with Crippen LogP contribution >= 0.6 is 22.6 Å². The molecule has 1 atom stereocenters. The second-order valence-corrected chi connectivity index (χ2v) is 7.41. The van der Waals surface area contributed by atoms with Crippen molar-refractivity contribution < 1.29 is 23.9 Å². The molecule has 8 nitrogen and oxygen atoms in total. The number of hydrogen-bond acceptors (Lipinski definition) is 6. The Balaban J connectivity index is 2.77. The van der Waals surface area contributed by atoms with E-state index >= 15 is 0 Å². The lowest BCUT2D eigenvalue weighted by Crippen LogP contribution is -2.49. The number of hydrogen-bond donors (Lipinski definition) is 3. The number of nitrogen functional groups attached to an aromatic ring is 1. The van der Waals surface area contributed by atoms with Crippen molar-refractivity contribution in [2.75, 3.05) is 19.4 Å². The molecule has 1 aromatic rings. The van der Waals surface area contributed by atoms with Crippen LogP contribution in [0.4, 0.5) is 10.5 Å². The van der Waals surface area contributed by atoms with E-state index in [1.165, 1.54) is 7.11 Å². The van der Waals surface area contributed by atoms with Crippen LogP contribution in [0.5, 0.6) is 0 Å². The van der Waals surface area contributed by atoms with E-state index in [1.807, 2.05) is 0 Å². The molecule has 2 amide bonds. The molecule has 0 saturated heterocycles. The second kappa shape index (κ2) is 8.88. The number of alkyl carbamates (subject to hydrolysis) is 1. The Morgan fingerprint density at radius 3 is 2.44 bits per heavy atom. The number of benzene rings is 1. The van der Waals surface area contributed by atoms with Gasteiger partial charge in [-0.05, 0) is 61.6 Å². The summed E-state index contributed by atoms with van der Waals surface area (Å²) in [6.07, 6.45) is -0.704. The third kappa shape index (κ3) is 7.16. The number of carbonyl (C=O) groups excluding carboxylic acids is 3. The third-order valence-electron chi connectivity index (χ3n) is 2.90. The molecule has 0 bridgehead atoms. The monoisotopic (exact) mass is 463 g/mol. The van der Waals surface area contributed by atoms with Gasteiger partial charge in [0.1, 0.15) is 11.6 Å². The summed E-state index contributed by atoms with van der Waals surface area (Å²) in [5.41, 5.74) is 5.66. The molecule has 9 heteroatoms. The van der Waals surface area contributed by atoms with Crippen LogP contribution in [0.3, 0.4) is 0 Å². The number of esters is 1. The van der Waals surface area contributed by atoms with Gasteiger partial charge in [0.25, 0.3) is 5.91 Å². The maximum Gasteiger partial charge on any atom is 0.407 e. The zero-order valence-corrected chi connectivity index (χ0v) is 16.7. The molecule has 1 aromatic carbocycles. The minimum Gasteiger partial charge on any atom is -0.467 e. The SMILES string of the molecule is COC(=O)[C@H](CNC(=O)OC(C)(C)C)NC(=O)c1ccc(I)cc1N. The molecule has 0 aromatic heterocycles. The molecular weight excluding hydrogens is 441 g/mol. The van der Waals surface area contributed by atoms with Gasteiger partial charge in [0.05, 0.1) is 19.2 Å². The van der Waals surface area contributed by atoms with Crippen LogP contribution in [0.25, 0.3) is 0 Å². The Bertz CT molecular complexity index is 658. The number of amides is 2. The fraction of sp³-hybridized carbons (Fsp3) is 0.438. The minimum absolute atomic E-state index is 0.183. The summed E-state index contributed by atoms with van der Waals surface area (Å²) >= 11 is 2.07. The molecule has 25 heavy (non-hydrogen) atoms. The minimum atomic E-state index is -1.08. The molecule has 0 heterocycles. The topological polar surface area (TPSA) is 120 Å². The number of halogens is 1. The molecule has 0 saturated carbocycles. The van der Waals surface area contributed by atoms with Gasteiger partial charge in [-0.25, -0.2) is 9.59 Å². The first-order chi connectivity index (χ1) is 11.5. The van der Waals surface area contributed by atoms with Gasteiger partial charge in [-0.1, -0.05) is 0 Å². The molecule has 1 rings (SSSR count). The number of methoxy groups -OCH3 is 1. The third-order valence-corrected chi connectivity index (χ3v) is 3.57. The van der Waals surface area contributed by atoms with E-state index in [2.05, 4.69) is 38.0 Å². The fourth-order valence-electron chi connectivity index (χ4n) is 1.81. The highest BCUT2D eigenvalue weighted by Gasteiger charge is 2.25. The number of rotatable bonds is 5. The van der Waals surface area contributed by atoms with Crippen molar-refractivity contribution in [2.24, 2.45) is 0 Å². The molecule has 0 fully saturated rings. The molecule has 0 aliphatic heterocycles. The van der Waals surface area contributed by atoms with E-state index in [-0.39, 0.29) is 17.8 Å². The molecule has 0 aliphatic carbocycles. The molecule has 4 N–H and O–H groups in total. The van der Waals surface area contributed by atoms with Gasteiger partial charge in [-0.15, -0.1) is 0 Å². The highest BCUT2D eigenvalue weighted by atomic mass is 127. The number of nitrogens with one attached hydrogen (secondary N) is 2. The summed E-state index contributed by atoms with van der Waals surface area (Å²) in [4.78, 5) is 35.9. The van der Waals surface area contributed by atoms with Gasteiger partial charge >= 0.3 is 12.1 Å². The summed E-state index contributed by atoms with van der Waals surface area (Å²) in [7, 11) is 1.19. The van der Waals surface area contributed by atoms with Gasteiger partial charge in [0.15, 0.2) is 0 Å². The van der Waals surface area contributed by atoms with E-state index in [4.69, 9.17) is 10.5 Å². The molecule has 0 unspecified atom stereocenters.